The van der Waals surface area contributed by atoms with E-state index in [1.54, 1.807) is 18.2 Å². The molecule has 0 spiro atoms. The molecule has 0 radical (unpaired) electrons. The Labute approximate surface area is 103 Å². The number of benzene rings is 1. The molecule has 1 aromatic carbocycles. The van der Waals surface area contributed by atoms with E-state index in [2.05, 4.69) is 0 Å². The van der Waals surface area contributed by atoms with Crippen molar-refractivity contribution in [1.29, 1.82) is 0 Å². The SMILES string of the molecule is COCC(C(=O)Cl)c1cc(Cl)cc(Cl)c1. The molecule has 0 saturated carbocycles. The molecule has 15 heavy (non-hydrogen) atoms. The molecule has 2 nitrogen and oxygen atoms in total. The van der Waals surface area contributed by atoms with Gasteiger partial charge in [0.2, 0.25) is 5.24 Å². The first-order chi connectivity index (χ1) is 7.04. The Hall–Kier alpha value is -0.280. The molecule has 1 rings (SSSR count). The number of ether oxygens (including phenoxy) is 1. The van der Waals surface area contributed by atoms with E-state index in [9.17, 15) is 4.79 Å². The summed E-state index contributed by atoms with van der Waals surface area (Å²) in [4.78, 5) is 11.2. The van der Waals surface area contributed by atoms with Crippen molar-refractivity contribution < 1.29 is 9.53 Å². The highest BCUT2D eigenvalue weighted by Gasteiger charge is 2.19. The van der Waals surface area contributed by atoms with Crippen LogP contribution in [0.4, 0.5) is 0 Å². The first-order valence-corrected chi connectivity index (χ1v) is 5.32. The fourth-order valence-electron chi connectivity index (χ4n) is 1.24. The van der Waals surface area contributed by atoms with Gasteiger partial charge in [0.05, 0.1) is 12.5 Å². The Morgan fingerprint density at radius 1 is 1.33 bits per heavy atom. The maximum Gasteiger partial charge on any atom is 0.231 e. The van der Waals surface area contributed by atoms with Gasteiger partial charge >= 0.3 is 0 Å². The zero-order valence-corrected chi connectivity index (χ0v) is 10.2. The molecule has 1 atom stereocenters. The molecule has 82 valence electrons. The third kappa shape index (κ3) is 3.65. The van der Waals surface area contributed by atoms with Crippen molar-refractivity contribution in [1.82, 2.24) is 0 Å². The van der Waals surface area contributed by atoms with Crippen LogP contribution >= 0.6 is 34.8 Å². The lowest BCUT2D eigenvalue weighted by molar-refractivity contribution is -0.114. The van der Waals surface area contributed by atoms with Crippen LogP contribution in [0.25, 0.3) is 0 Å². The average molecular weight is 268 g/mol. The normalized spacial score (nSPS) is 12.5. The minimum Gasteiger partial charge on any atom is -0.384 e. The van der Waals surface area contributed by atoms with Gasteiger partial charge in [-0.05, 0) is 35.4 Å². The molecule has 0 N–H and O–H groups in total. The van der Waals surface area contributed by atoms with Crippen LogP contribution in [0, 0.1) is 0 Å². The van der Waals surface area contributed by atoms with Crippen molar-refractivity contribution in [2.24, 2.45) is 0 Å². The van der Waals surface area contributed by atoms with Crippen LogP contribution in [0.1, 0.15) is 11.5 Å². The molecular weight excluding hydrogens is 258 g/mol. The Morgan fingerprint density at radius 3 is 2.27 bits per heavy atom. The van der Waals surface area contributed by atoms with Crippen molar-refractivity contribution in [3.63, 3.8) is 0 Å². The predicted octanol–water partition coefficient (Wildman–Crippen LogP) is 3.49. The van der Waals surface area contributed by atoms with E-state index in [0.717, 1.165) is 0 Å². The second kappa shape index (κ2) is 5.71. The molecular formula is C10H9Cl3O2. The van der Waals surface area contributed by atoms with Gasteiger partial charge in [0.25, 0.3) is 0 Å². The van der Waals surface area contributed by atoms with Crippen LogP contribution in [-0.4, -0.2) is 19.0 Å². The number of methoxy groups -OCH3 is 1. The lowest BCUT2D eigenvalue weighted by Gasteiger charge is -2.12. The third-order valence-electron chi connectivity index (χ3n) is 1.89. The molecule has 5 heteroatoms. The first kappa shape index (κ1) is 12.8. The minimum absolute atomic E-state index is 0.207. The predicted molar refractivity (Wildman–Crippen MR) is 61.9 cm³/mol. The van der Waals surface area contributed by atoms with E-state index in [1.807, 2.05) is 0 Å². The van der Waals surface area contributed by atoms with Gasteiger partial charge in [-0.15, -0.1) is 0 Å². The van der Waals surface area contributed by atoms with E-state index < -0.39 is 11.2 Å². The highest BCUT2D eigenvalue weighted by Crippen LogP contribution is 2.26. The maximum atomic E-state index is 11.2. The Morgan fingerprint density at radius 2 is 1.87 bits per heavy atom. The van der Waals surface area contributed by atoms with Crippen molar-refractivity contribution in [3.05, 3.63) is 33.8 Å². The molecule has 0 aliphatic rings. The number of rotatable bonds is 4. The van der Waals surface area contributed by atoms with E-state index in [4.69, 9.17) is 39.5 Å². The van der Waals surface area contributed by atoms with Gasteiger partial charge in [-0.1, -0.05) is 23.2 Å². The summed E-state index contributed by atoms with van der Waals surface area (Å²) in [5.74, 6) is -0.534. The van der Waals surface area contributed by atoms with Crippen LogP contribution in [0.3, 0.4) is 0 Å². The van der Waals surface area contributed by atoms with Gasteiger partial charge in [0.15, 0.2) is 0 Å². The summed E-state index contributed by atoms with van der Waals surface area (Å²) in [6.45, 7) is 0.207. The molecule has 0 aliphatic heterocycles. The first-order valence-electron chi connectivity index (χ1n) is 4.19. The number of halogens is 3. The van der Waals surface area contributed by atoms with Gasteiger partial charge in [-0.3, -0.25) is 4.79 Å². The summed E-state index contributed by atoms with van der Waals surface area (Å²) in [7, 11) is 1.50. The fraction of sp³-hybridized carbons (Fsp3) is 0.300. The van der Waals surface area contributed by atoms with Crippen molar-refractivity contribution in [2.75, 3.05) is 13.7 Å². The third-order valence-corrected chi connectivity index (χ3v) is 2.59. The molecule has 0 bridgehead atoms. The van der Waals surface area contributed by atoms with Crippen LogP contribution in [-0.2, 0) is 9.53 Å². The largest absolute Gasteiger partial charge is 0.384 e. The zero-order chi connectivity index (χ0) is 11.4. The Balaban J connectivity index is 3.05. The molecule has 0 saturated heterocycles. The van der Waals surface area contributed by atoms with E-state index in [1.165, 1.54) is 7.11 Å². The van der Waals surface area contributed by atoms with Gasteiger partial charge in [0.1, 0.15) is 0 Å². The number of hydrogen-bond donors (Lipinski definition) is 0. The van der Waals surface area contributed by atoms with Crippen molar-refractivity contribution >= 4 is 40.0 Å². The molecule has 0 aliphatic carbocycles. The molecule has 0 heterocycles. The summed E-state index contributed by atoms with van der Waals surface area (Å²) >= 11 is 17.1. The standard InChI is InChI=1S/C10H9Cl3O2/c1-15-5-9(10(13)14)6-2-7(11)4-8(12)3-6/h2-4,9H,5H2,1H3. The second-order valence-electron chi connectivity index (χ2n) is 3.01. The van der Waals surface area contributed by atoms with Gasteiger partial charge in [-0.2, -0.15) is 0 Å². The smallest absolute Gasteiger partial charge is 0.231 e. The van der Waals surface area contributed by atoms with Crippen molar-refractivity contribution in [3.8, 4) is 0 Å². The summed E-state index contributed by atoms with van der Waals surface area (Å²) in [5.41, 5.74) is 0.661. The van der Waals surface area contributed by atoms with Crippen LogP contribution < -0.4 is 0 Å². The summed E-state index contributed by atoms with van der Waals surface area (Å²) in [5, 5.41) is 0.447. The topological polar surface area (TPSA) is 26.3 Å². The number of carbonyl (C=O) groups excluding carboxylic acids is 1. The molecule has 0 aromatic heterocycles. The quantitative estimate of drug-likeness (QED) is 0.781. The number of carbonyl (C=O) groups is 1. The van der Waals surface area contributed by atoms with Crippen molar-refractivity contribution in [2.45, 2.75) is 5.92 Å². The zero-order valence-electron chi connectivity index (χ0n) is 7.97. The van der Waals surface area contributed by atoms with E-state index in [-0.39, 0.29) is 6.61 Å². The molecule has 0 fully saturated rings. The Bertz CT molecular complexity index is 345. The average Bonchev–Trinajstić information content (AvgIpc) is 2.11. The lowest BCUT2D eigenvalue weighted by Crippen LogP contribution is -2.13. The van der Waals surface area contributed by atoms with E-state index >= 15 is 0 Å². The van der Waals surface area contributed by atoms with E-state index in [0.29, 0.717) is 15.6 Å². The van der Waals surface area contributed by atoms with Crippen LogP contribution in [0.2, 0.25) is 10.0 Å². The lowest BCUT2D eigenvalue weighted by atomic mass is 10.0. The highest BCUT2D eigenvalue weighted by atomic mass is 35.5. The minimum atomic E-state index is -0.534. The number of hydrogen-bond acceptors (Lipinski definition) is 2. The summed E-state index contributed by atoms with van der Waals surface area (Å²) in [6.07, 6.45) is 0. The van der Waals surface area contributed by atoms with Gasteiger partial charge < -0.3 is 4.74 Å². The van der Waals surface area contributed by atoms with Crippen LogP contribution in [0.15, 0.2) is 18.2 Å². The second-order valence-corrected chi connectivity index (χ2v) is 4.26. The maximum absolute atomic E-state index is 11.2. The monoisotopic (exact) mass is 266 g/mol. The molecule has 1 unspecified atom stereocenters. The highest BCUT2D eigenvalue weighted by molar-refractivity contribution is 6.64. The van der Waals surface area contributed by atoms with Crippen LogP contribution in [0.5, 0.6) is 0 Å². The Kier molecular flexibility index (Phi) is 4.87. The van der Waals surface area contributed by atoms with Gasteiger partial charge in [-0.25, -0.2) is 0 Å². The summed E-state index contributed by atoms with van der Waals surface area (Å²) < 4.78 is 4.91. The molecule has 0 amide bonds. The fourth-order valence-corrected chi connectivity index (χ4v) is 1.97. The van der Waals surface area contributed by atoms with Gasteiger partial charge in [0, 0.05) is 17.2 Å². The molecule has 1 aromatic rings. The summed E-state index contributed by atoms with van der Waals surface area (Å²) in [6, 6.07) is 4.89.